The minimum absolute atomic E-state index is 0.0535. The molecule has 0 spiro atoms. The van der Waals surface area contributed by atoms with Crippen LogP contribution in [0.4, 0.5) is 10.1 Å². The predicted molar refractivity (Wildman–Crippen MR) is 86.3 cm³/mol. The van der Waals surface area contributed by atoms with Crippen molar-refractivity contribution in [1.82, 2.24) is 9.78 Å². The van der Waals surface area contributed by atoms with Gasteiger partial charge in [-0.1, -0.05) is 12.1 Å². The van der Waals surface area contributed by atoms with Crippen LogP contribution in [-0.2, 0) is 16.1 Å². The third-order valence-corrected chi connectivity index (χ3v) is 3.78. The maximum absolute atomic E-state index is 13.4. The molecular formula is C17H20FN3O3. The summed E-state index contributed by atoms with van der Waals surface area (Å²) in [6, 6.07) is 5.97. The Morgan fingerprint density at radius 2 is 2.29 bits per heavy atom. The Kier molecular flexibility index (Phi) is 5.43. The van der Waals surface area contributed by atoms with Gasteiger partial charge >= 0.3 is 0 Å². The molecule has 2 aromatic rings. The summed E-state index contributed by atoms with van der Waals surface area (Å²) in [5, 5.41) is 6.90. The van der Waals surface area contributed by atoms with E-state index in [2.05, 4.69) is 10.4 Å². The van der Waals surface area contributed by atoms with Crippen molar-refractivity contribution in [3.05, 3.63) is 42.5 Å². The molecule has 1 N–H and O–H groups in total. The lowest BCUT2D eigenvalue weighted by molar-refractivity contribution is -0.118. The Balaban J connectivity index is 1.47. The average molecular weight is 333 g/mol. The van der Waals surface area contributed by atoms with Gasteiger partial charge in [0, 0.05) is 12.8 Å². The van der Waals surface area contributed by atoms with Crippen molar-refractivity contribution in [3.8, 4) is 5.75 Å². The molecular weight excluding hydrogens is 313 g/mol. The van der Waals surface area contributed by atoms with Crippen molar-refractivity contribution in [2.24, 2.45) is 0 Å². The van der Waals surface area contributed by atoms with Crippen LogP contribution in [0.15, 0.2) is 36.7 Å². The monoisotopic (exact) mass is 333 g/mol. The van der Waals surface area contributed by atoms with Crippen molar-refractivity contribution in [3.63, 3.8) is 0 Å². The molecule has 7 heteroatoms. The van der Waals surface area contributed by atoms with Crippen LogP contribution in [0.1, 0.15) is 19.3 Å². The molecule has 24 heavy (non-hydrogen) atoms. The number of nitrogens with zero attached hydrogens (tertiary/aromatic N) is 2. The Hall–Kier alpha value is -2.41. The zero-order valence-electron chi connectivity index (χ0n) is 13.3. The number of halogens is 1. The molecule has 3 rings (SSSR count). The lowest BCUT2D eigenvalue weighted by atomic mass is 10.1. The number of ether oxygens (including phenoxy) is 2. The Labute approximate surface area is 139 Å². The largest absolute Gasteiger partial charge is 0.481 e. The van der Waals surface area contributed by atoms with Gasteiger partial charge in [0.15, 0.2) is 18.2 Å². The summed E-state index contributed by atoms with van der Waals surface area (Å²) in [5.74, 6) is -0.810. The van der Waals surface area contributed by atoms with Crippen LogP contribution in [0.3, 0.4) is 0 Å². The van der Waals surface area contributed by atoms with Gasteiger partial charge in [-0.3, -0.25) is 9.48 Å². The standard InChI is InChI=1S/C17H20FN3O3/c18-15-6-1-2-7-16(15)24-12-17(22)20-13-9-19-21(10-13)11-14-5-3-4-8-23-14/h1-2,6-7,9-10,14H,3-5,8,11-12H2,(H,20,22)/t14-/m0/s1. The summed E-state index contributed by atoms with van der Waals surface area (Å²) in [6.07, 6.45) is 6.80. The van der Waals surface area contributed by atoms with E-state index in [1.165, 1.54) is 18.6 Å². The summed E-state index contributed by atoms with van der Waals surface area (Å²) in [7, 11) is 0. The number of para-hydroxylation sites is 1. The Bertz CT molecular complexity index is 683. The molecule has 1 fully saturated rings. The quantitative estimate of drug-likeness (QED) is 0.882. The van der Waals surface area contributed by atoms with Crippen LogP contribution in [0.2, 0.25) is 0 Å². The van der Waals surface area contributed by atoms with E-state index in [1.807, 2.05) is 0 Å². The second-order valence-corrected chi connectivity index (χ2v) is 5.71. The number of hydrogen-bond donors (Lipinski definition) is 1. The second-order valence-electron chi connectivity index (χ2n) is 5.71. The van der Waals surface area contributed by atoms with Crippen molar-refractivity contribution in [2.45, 2.75) is 31.9 Å². The molecule has 1 aromatic heterocycles. The number of aromatic nitrogens is 2. The topological polar surface area (TPSA) is 65.4 Å². The van der Waals surface area contributed by atoms with Gasteiger partial charge in [0.05, 0.1) is 24.5 Å². The number of rotatable bonds is 6. The Morgan fingerprint density at radius 3 is 3.08 bits per heavy atom. The average Bonchev–Trinajstić information content (AvgIpc) is 3.02. The molecule has 0 radical (unpaired) electrons. The smallest absolute Gasteiger partial charge is 0.262 e. The zero-order chi connectivity index (χ0) is 16.8. The first kappa shape index (κ1) is 16.4. The molecule has 1 aliphatic rings. The van der Waals surface area contributed by atoms with E-state index in [0.717, 1.165) is 19.4 Å². The molecule has 2 heterocycles. The molecule has 1 saturated heterocycles. The number of anilines is 1. The van der Waals surface area contributed by atoms with Gasteiger partial charge in [-0.05, 0) is 31.4 Å². The van der Waals surface area contributed by atoms with E-state index in [4.69, 9.17) is 9.47 Å². The third kappa shape index (κ3) is 4.55. The van der Waals surface area contributed by atoms with E-state index in [0.29, 0.717) is 12.2 Å². The highest BCUT2D eigenvalue weighted by molar-refractivity contribution is 5.91. The van der Waals surface area contributed by atoms with Gasteiger partial charge in [-0.15, -0.1) is 0 Å². The normalized spacial score (nSPS) is 17.5. The molecule has 1 amide bonds. The van der Waals surface area contributed by atoms with Crippen molar-refractivity contribution < 1.29 is 18.7 Å². The van der Waals surface area contributed by atoms with Crippen LogP contribution >= 0.6 is 0 Å². The Morgan fingerprint density at radius 1 is 1.42 bits per heavy atom. The SMILES string of the molecule is O=C(COc1ccccc1F)Nc1cnn(C[C@@H]2CCCCO2)c1. The van der Waals surface area contributed by atoms with E-state index in [1.54, 1.807) is 29.2 Å². The molecule has 0 unspecified atom stereocenters. The van der Waals surface area contributed by atoms with E-state index in [9.17, 15) is 9.18 Å². The highest BCUT2D eigenvalue weighted by Crippen LogP contribution is 2.16. The van der Waals surface area contributed by atoms with Crippen molar-refractivity contribution >= 4 is 11.6 Å². The molecule has 128 valence electrons. The second kappa shape index (κ2) is 7.92. The number of carbonyl (C=O) groups is 1. The summed E-state index contributed by atoms with van der Waals surface area (Å²) >= 11 is 0. The van der Waals surface area contributed by atoms with Crippen molar-refractivity contribution in [1.29, 1.82) is 0 Å². The summed E-state index contributed by atoms with van der Waals surface area (Å²) < 4.78 is 26.0. The van der Waals surface area contributed by atoms with Gasteiger partial charge in [0.2, 0.25) is 0 Å². The maximum atomic E-state index is 13.4. The van der Waals surface area contributed by atoms with Gasteiger partial charge in [-0.2, -0.15) is 5.10 Å². The minimum Gasteiger partial charge on any atom is -0.481 e. The fourth-order valence-corrected chi connectivity index (χ4v) is 2.59. The first-order valence-corrected chi connectivity index (χ1v) is 8.02. The first-order valence-electron chi connectivity index (χ1n) is 8.02. The van der Waals surface area contributed by atoms with Gasteiger partial charge in [-0.25, -0.2) is 4.39 Å². The highest BCUT2D eigenvalue weighted by atomic mass is 19.1. The fraction of sp³-hybridized carbons (Fsp3) is 0.412. The number of amides is 1. The first-order chi connectivity index (χ1) is 11.7. The van der Waals surface area contributed by atoms with E-state index >= 15 is 0 Å². The minimum atomic E-state index is -0.495. The van der Waals surface area contributed by atoms with Crippen LogP contribution < -0.4 is 10.1 Å². The van der Waals surface area contributed by atoms with Crippen LogP contribution in [0, 0.1) is 5.82 Å². The molecule has 1 aromatic carbocycles. The van der Waals surface area contributed by atoms with Crippen LogP contribution in [0.5, 0.6) is 5.75 Å². The summed E-state index contributed by atoms with van der Waals surface area (Å²) in [6.45, 7) is 1.20. The molecule has 6 nitrogen and oxygen atoms in total. The molecule has 1 aliphatic heterocycles. The summed E-state index contributed by atoms with van der Waals surface area (Å²) in [4.78, 5) is 11.9. The maximum Gasteiger partial charge on any atom is 0.262 e. The van der Waals surface area contributed by atoms with Gasteiger partial charge < -0.3 is 14.8 Å². The highest BCUT2D eigenvalue weighted by Gasteiger charge is 2.15. The number of benzene rings is 1. The molecule has 1 atom stereocenters. The summed E-state index contributed by atoms with van der Waals surface area (Å²) in [5.41, 5.74) is 0.577. The zero-order valence-corrected chi connectivity index (χ0v) is 13.3. The number of hydrogen-bond acceptors (Lipinski definition) is 4. The molecule has 0 saturated carbocycles. The fourth-order valence-electron chi connectivity index (χ4n) is 2.59. The van der Waals surface area contributed by atoms with Gasteiger partial charge in [0.1, 0.15) is 0 Å². The van der Waals surface area contributed by atoms with E-state index in [-0.39, 0.29) is 24.4 Å². The number of nitrogens with one attached hydrogen (secondary N) is 1. The number of carbonyl (C=O) groups excluding carboxylic acids is 1. The lowest BCUT2D eigenvalue weighted by Gasteiger charge is -2.22. The van der Waals surface area contributed by atoms with Crippen molar-refractivity contribution in [2.75, 3.05) is 18.5 Å². The lowest BCUT2D eigenvalue weighted by Crippen LogP contribution is -2.24. The third-order valence-electron chi connectivity index (χ3n) is 3.78. The molecule has 0 bridgehead atoms. The van der Waals surface area contributed by atoms with Crippen LogP contribution in [0.25, 0.3) is 0 Å². The van der Waals surface area contributed by atoms with Crippen LogP contribution in [-0.4, -0.2) is 35.0 Å². The van der Waals surface area contributed by atoms with Gasteiger partial charge in [0.25, 0.3) is 5.91 Å². The van der Waals surface area contributed by atoms with E-state index < -0.39 is 5.82 Å². The molecule has 0 aliphatic carbocycles. The predicted octanol–water partition coefficient (Wildman–Crippen LogP) is 2.61.